The van der Waals surface area contributed by atoms with E-state index in [2.05, 4.69) is 22.1 Å². The number of hydrogen-bond acceptors (Lipinski definition) is 5. The summed E-state index contributed by atoms with van der Waals surface area (Å²) in [5, 5.41) is 7.89. The van der Waals surface area contributed by atoms with Gasteiger partial charge in [0.05, 0.1) is 6.54 Å². The number of aromatic nitrogens is 2. The van der Waals surface area contributed by atoms with Crippen molar-refractivity contribution in [1.29, 1.82) is 0 Å². The van der Waals surface area contributed by atoms with Crippen LogP contribution >= 0.6 is 0 Å². The van der Waals surface area contributed by atoms with E-state index >= 15 is 0 Å². The van der Waals surface area contributed by atoms with Gasteiger partial charge in [-0.25, -0.2) is 0 Å². The smallest absolute Gasteiger partial charge is 0.230 e. The first-order chi connectivity index (χ1) is 6.79. The standard InChI is InChI=1S/C9H16N4O/c1-13-4-2-7(3-5-13)9-12-11-8(6-10)14-9/h7H,2-6,10H2,1H3. The van der Waals surface area contributed by atoms with Gasteiger partial charge in [-0.2, -0.15) is 0 Å². The molecule has 0 bridgehead atoms. The van der Waals surface area contributed by atoms with Crippen LogP contribution in [-0.2, 0) is 6.54 Å². The maximum Gasteiger partial charge on any atom is 0.230 e. The molecule has 0 amide bonds. The molecule has 0 unspecified atom stereocenters. The van der Waals surface area contributed by atoms with Gasteiger partial charge in [-0.15, -0.1) is 10.2 Å². The Hall–Kier alpha value is -0.940. The fraction of sp³-hybridized carbons (Fsp3) is 0.778. The van der Waals surface area contributed by atoms with Crippen LogP contribution in [0.2, 0.25) is 0 Å². The highest BCUT2D eigenvalue weighted by Crippen LogP contribution is 2.26. The second-order valence-electron chi connectivity index (χ2n) is 3.82. The Bertz CT molecular complexity index is 291. The van der Waals surface area contributed by atoms with Crippen molar-refractivity contribution in [1.82, 2.24) is 15.1 Å². The average molecular weight is 196 g/mol. The monoisotopic (exact) mass is 196 g/mol. The van der Waals surface area contributed by atoms with Crippen LogP contribution in [0.15, 0.2) is 4.42 Å². The molecule has 0 radical (unpaired) electrons. The fourth-order valence-corrected chi connectivity index (χ4v) is 1.77. The second kappa shape index (κ2) is 4.06. The number of likely N-dealkylation sites (tertiary alicyclic amines) is 1. The van der Waals surface area contributed by atoms with Crippen molar-refractivity contribution in [2.24, 2.45) is 5.73 Å². The number of nitrogens with two attached hydrogens (primary N) is 1. The molecule has 5 heteroatoms. The van der Waals surface area contributed by atoms with Gasteiger partial charge in [-0.1, -0.05) is 0 Å². The van der Waals surface area contributed by atoms with Crippen LogP contribution in [0.3, 0.4) is 0 Å². The van der Waals surface area contributed by atoms with E-state index in [1.807, 2.05) is 0 Å². The van der Waals surface area contributed by atoms with Crippen molar-refractivity contribution in [2.45, 2.75) is 25.3 Å². The molecule has 14 heavy (non-hydrogen) atoms. The zero-order chi connectivity index (χ0) is 9.97. The summed E-state index contributed by atoms with van der Waals surface area (Å²) >= 11 is 0. The Morgan fingerprint density at radius 1 is 1.43 bits per heavy atom. The topological polar surface area (TPSA) is 68.2 Å². The second-order valence-corrected chi connectivity index (χ2v) is 3.82. The van der Waals surface area contributed by atoms with Crippen LogP contribution in [0.4, 0.5) is 0 Å². The lowest BCUT2D eigenvalue weighted by Crippen LogP contribution is -2.29. The van der Waals surface area contributed by atoms with Gasteiger partial charge in [0.15, 0.2) is 0 Å². The summed E-state index contributed by atoms with van der Waals surface area (Å²) in [6.45, 7) is 2.54. The predicted octanol–water partition coefficient (Wildman–Crippen LogP) is 0.338. The third-order valence-electron chi connectivity index (χ3n) is 2.72. The van der Waals surface area contributed by atoms with Crippen LogP contribution in [-0.4, -0.2) is 35.2 Å². The Morgan fingerprint density at radius 2 is 2.14 bits per heavy atom. The molecule has 5 nitrogen and oxygen atoms in total. The van der Waals surface area contributed by atoms with E-state index in [4.69, 9.17) is 10.2 Å². The average Bonchev–Trinajstić information content (AvgIpc) is 2.67. The Labute approximate surface area is 83.3 Å². The summed E-state index contributed by atoms with van der Waals surface area (Å²) < 4.78 is 5.44. The van der Waals surface area contributed by atoms with E-state index in [0.29, 0.717) is 18.4 Å². The summed E-state index contributed by atoms with van der Waals surface area (Å²) in [6.07, 6.45) is 2.20. The lowest BCUT2D eigenvalue weighted by atomic mass is 9.97. The SMILES string of the molecule is CN1CCC(c2nnc(CN)o2)CC1. The molecule has 2 rings (SSSR count). The molecule has 1 aromatic rings. The number of nitrogens with zero attached hydrogens (tertiary/aromatic N) is 3. The maximum absolute atomic E-state index is 5.44. The van der Waals surface area contributed by atoms with Crippen LogP contribution in [0.1, 0.15) is 30.5 Å². The Kier molecular flexibility index (Phi) is 2.79. The fourth-order valence-electron chi connectivity index (χ4n) is 1.77. The first-order valence-electron chi connectivity index (χ1n) is 5.00. The van der Waals surface area contributed by atoms with E-state index in [9.17, 15) is 0 Å². The van der Waals surface area contributed by atoms with Gasteiger partial charge >= 0.3 is 0 Å². The van der Waals surface area contributed by atoms with E-state index in [1.165, 1.54) is 0 Å². The molecule has 0 spiro atoms. The minimum absolute atomic E-state index is 0.333. The molecule has 2 N–H and O–H groups in total. The summed E-state index contributed by atoms with van der Waals surface area (Å²) in [7, 11) is 2.13. The predicted molar refractivity (Wildman–Crippen MR) is 51.7 cm³/mol. The lowest BCUT2D eigenvalue weighted by molar-refractivity contribution is 0.235. The third-order valence-corrected chi connectivity index (χ3v) is 2.72. The summed E-state index contributed by atoms with van der Waals surface area (Å²) in [5.74, 6) is 1.73. The highest BCUT2D eigenvalue weighted by atomic mass is 16.4. The molecule has 0 aromatic carbocycles. The number of hydrogen-bond donors (Lipinski definition) is 1. The molecule has 1 aliphatic rings. The molecule has 0 aliphatic carbocycles. The maximum atomic E-state index is 5.44. The molecule has 0 saturated carbocycles. The molecule has 0 atom stereocenters. The van der Waals surface area contributed by atoms with Gasteiger partial charge in [0.25, 0.3) is 0 Å². The van der Waals surface area contributed by atoms with Crippen molar-refractivity contribution < 1.29 is 4.42 Å². The van der Waals surface area contributed by atoms with Crippen LogP contribution in [0.5, 0.6) is 0 Å². The van der Waals surface area contributed by atoms with E-state index in [1.54, 1.807) is 0 Å². The van der Waals surface area contributed by atoms with Crippen LogP contribution in [0.25, 0.3) is 0 Å². The first kappa shape index (κ1) is 9.61. The molecule has 1 aliphatic heterocycles. The number of piperidine rings is 1. The quantitative estimate of drug-likeness (QED) is 0.738. The largest absolute Gasteiger partial charge is 0.424 e. The van der Waals surface area contributed by atoms with Crippen molar-refractivity contribution >= 4 is 0 Å². The van der Waals surface area contributed by atoms with Crippen LogP contribution < -0.4 is 5.73 Å². The Morgan fingerprint density at radius 3 is 2.71 bits per heavy atom. The lowest BCUT2D eigenvalue weighted by Gasteiger charge is -2.26. The minimum atomic E-state index is 0.333. The van der Waals surface area contributed by atoms with E-state index in [-0.39, 0.29) is 0 Å². The van der Waals surface area contributed by atoms with Gasteiger partial charge in [0, 0.05) is 5.92 Å². The van der Waals surface area contributed by atoms with Crippen molar-refractivity contribution in [3.05, 3.63) is 11.8 Å². The molecule has 1 aromatic heterocycles. The highest BCUT2D eigenvalue weighted by molar-refractivity contribution is 4.94. The third kappa shape index (κ3) is 1.93. The van der Waals surface area contributed by atoms with E-state index < -0.39 is 0 Å². The van der Waals surface area contributed by atoms with Crippen molar-refractivity contribution in [3.8, 4) is 0 Å². The minimum Gasteiger partial charge on any atom is -0.424 e. The molecule has 78 valence electrons. The van der Waals surface area contributed by atoms with Gasteiger partial charge in [0.1, 0.15) is 0 Å². The van der Waals surface area contributed by atoms with E-state index in [0.717, 1.165) is 31.8 Å². The molecular formula is C9H16N4O. The molecule has 2 heterocycles. The van der Waals surface area contributed by atoms with Crippen LogP contribution in [0, 0.1) is 0 Å². The van der Waals surface area contributed by atoms with Gasteiger partial charge in [-0.05, 0) is 33.0 Å². The number of rotatable bonds is 2. The summed E-state index contributed by atoms with van der Waals surface area (Å²) in [4.78, 5) is 2.32. The highest BCUT2D eigenvalue weighted by Gasteiger charge is 2.22. The molecular weight excluding hydrogens is 180 g/mol. The first-order valence-corrected chi connectivity index (χ1v) is 5.00. The molecule has 1 fully saturated rings. The van der Waals surface area contributed by atoms with Crippen molar-refractivity contribution in [2.75, 3.05) is 20.1 Å². The normalized spacial score (nSPS) is 20.1. The van der Waals surface area contributed by atoms with Gasteiger partial charge < -0.3 is 15.1 Å². The molecule has 1 saturated heterocycles. The zero-order valence-electron chi connectivity index (χ0n) is 8.44. The summed E-state index contributed by atoms with van der Waals surface area (Å²) in [5.41, 5.74) is 5.41. The van der Waals surface area contributed by atoms with Gasteiger partial charge in [0.2, 0.25) is 11.8 Å². The summed E-state index contributed by atoms with van der Waals surface area (Å²) in [6, 6.07) is 0. The van der Waals surface area contributed by atoms with Gasteiger partial charge in [-0.3, -0.25) is 0 Å². The zero-order valence-corrected chi connectivity index (χ0v) is 8.44. The van der Waals surface area contributed by atoms with Crippen molar-refractivity contribution in [3.63, 3.8) is 0 Å². The Balaban J connectivity index is 2.01.